The maximum atomic E-state index is 13.2. The highest BCUT2D eigenvalue weighted by molar-refractivity contribution is 7.92. The Kier molecular flexibility index (Phi) is 4.55. The lowest BCUT2D eigenvalue weighted by molar-refractivity contribution is -0.137. The van der Waals surface area contributed by atoms with Crippen molar-refractivity contribution in [1.29, 1.82) is 0 Å². The lowest BCUT2D eigenvalue weighted by atomic mass is 10.0. The summed E-state index contributed by atoms with van der Waals surface area (Å²) < 4.78 is 66.7. The largest absolute Gasteiger partial charge is 0.391 e. The highest BCUT2D eigenvalue weighted by Crippen LogP contribution is 2.42. The Morgan fingerprint density at radius 2 is 1.65 bits per heavy atom. The van der Waals surface area contributed by atoms with Crippen LogP contribution in [0.3, 0.4) is 0 Å². The molecule has 26 heavy (non-hydrogen) atoms. The Balaban J connectivity index is 2.15. The first kappa shape index (κ1) is 18.8. The molecule has 0 saturated heterocycles. The summed E-state index contributed by atoms with van der Waals surface area (Å²) in [6, 6.07) is 8.52. The number of fused-ring (bicyclic) bond motifs is 1. The van der Waals surface area contributed by atoms with Gasteiger partial charge in [0.25, 0.3) is 10.0 Å². The molecule has 1 aliphatic rings. The molecule has 1 atom stereocenters. The Labute approximate surface area is 151 Å². The van der Waals surface area contributed by atoms with Gasteiger partial charge in [-0.2, -0.15) is 13.2 Å². The number of hydrogen-bond acceptors (Lipinski definition) is 2. The van der Waals surface area contributed by atoms with E-state index in [1.54, 1.807) is 32.0 Å². The van der Waals surface area contributed by atoms with Crippen LogP contribution in [0, 0.1) is 20.8 Å². The summed E-state index contributed by atoms with van der Waals surface area (Å²) in [7, 11) is -4.09. The lowest BCUT2D eigenvalue weighted by Gasteiger charge is -2.28. The quantitative estimate of drug-likeness (QED) is 0.771. The molecule has 140 valence electrons. The molecule has 0 spiro atoms. The summed E-state index contributed by atoms with van der Waals surface area (Å²) in [5, 5.41) is 0. The first-order valence-corrected chi connectivity index (χ1v) is 9.71. The number of nitrogens with zero attached hydrogens (tertiary/aromatic N) is 1. The van der Waals surface area contributed by atoms with Gasteiger partial charge in [0.2, 0.25) is 0 Å². The predicted molar refractivity (Wildman–Crippen MR) is 94.9 cm³/mol. The van der Waals surface area contributed by atoms with Gasteiger partial charge >= 0.3 is 6.18 Å². The van der Waals surface area contributed by atoms with E-state index in [-0.39, 0.29) is 11.3 Å². The highest BCUT2D eigenvalue weighted by Gasteiger charge is 2.44. The van der Waals surface area contributed by atoms with Gasteiger partial charge in [0.05, 0.1) is 23.0 Å². The van der Waals surface area contributed by atoms with E-state index >= 15 is 0 Å². The third-order valence-corrected chi connectivity index (χ3v) is 6.53. The molecule has 2 aromatic rings. The second-order valence-corrected chi connectivity index (χ2v) is 8.69. The van der Waals surface area contributed by atoms with Gasteiger partial charge in [-0.3, -0.25) is 4.31 Å². The molecule has 0 aromatic heterocycles. The van der Waals surface area contributed by atoms with Crippen molar-refractivity contribution in [3.63, 3.8) is 0 Å². The molecular formula is C19H20F3NO2S. The summed E-state index contributed by atoms with van der Waals surface area (Å²) in [4.78, 5) is 0.00211. The van der Waals surface area contributed by atoms with Crippen LogP contribution in [-0.2, 0) is 16.4 Å². The normalized spacial score (nSPS) is 17.5. The fraction of sp³-hybridized carbons (Fsp3) is 0.368. The molecule has 1 aliphatic heterocycles. The minimum atomic E-state index is -4.45. The highest BCUT2D eigenvalue weighted by atomic mass is 32.2. The van der Waals surface area contributed by atoms with Crippen LogP contribution < -0.4 is 4.31 Å². The number of hydrogen-bond donors (Lipinski definition) is 0. The summed E-state index contributed by atoms with van der Waals surface area (Å²) in [5.74, 6) is 0. The van der Waals surface area contributed by atoms with E-state index in [9.17, 15) is 21.6 Å². The van der Waals surface area contributed by atoms with Gasteiger partial charge in [-0.25, -0.2) is 8.42 Å². The van der Waals surface area contributed by atoms with Crippen molar-refractivity contribution < 1.29 is 21.6 Å². The van der Waals surface area contributed by atoms with Gasteiger partial charge in [-0.1, -0.05) is 23.8 Å². The average molecular weight is 383 g/mol. The van der Waals surface area contributed by atoms with Crippen molar-refractivity contribution >= 4 is 15.7 Å². The minimum Gasteiger partial charge on any atom is -0.262 e. The van der Waals surface area contributed by atoms with Crippen LogP contribution in [-0.4, -0.2) is 20.6 Å². The van der Waals surface area contributed by atoms with E-state index in [2.05, 4.69) is 0 Å². The second kappa shape index (κ2) is 6.30. The van der Waals surface area contributed by atoms with Gasteiger partial charge in [-0.05, 0) is 62.1 Å². The van der Waals surface area contributed by atoms with Crippen LogP contribution in [0.25, 0.3) is 0 Å². The van der Waals surface area contributed by atoms with Gasteiger partial charge in [0.1, 0.15) is 0 Å². The van der Waals surface area contributed by atoms with Crippen LogP contribution in [0.15, 0.2) is 41.3 Å². The van der Waals surface area contributed by atoms with Crippen LogP contribution in [0.4, 0.5) is 18.9 Å². The topological polar surface area (TPSA) is 37.4 Å². The van der Waals surface area contributed by atoms with Crippen LogP contribution in [0.2, 0.25) is 0 Å². The Hall–Kier alpha value is -2.02. The zero-order valence-electron chi connectivity index (χ0n) is 14.8. The predicted octanol–water partition coefficient (Wildman–Crippen LogP) is 4.68. The zero-order valence-corrected chi connectivity index (χ0v) is 15.6. The summed E-state index contributed by atoms with van der Waals surface area (Å²) in [5.41, 5.74) is 3.54. The average Bonchev–Trinajstić information content (AvgIpc) is 2.84. The molecule has 1 unspecified atom stereocenters. The molecule has 3 nitrogen and oxygen atoms in total. The van der Waals surface area contributed by atoms with Crippen LogP contribution in [0.1, 0.15) is 28.7 Å². The van der Waals surface area contributed by atoms with E-state index in [4.69, 9.17) is 0 Å². The van der Waals surface area contributed by atoms with Gasteiger partial charge in [0.15, 0.2) is 0 Å². The van der Waals surface area contributed by atoms with Crippen molar-refractivity contribution in [2.24, 2.45) is 0 Å². The van der Waals surface area contributed by atoms with Crippen LogP contribution >= 0.6 is 0 Å². The molecule has 0 radical (unpaired) electrons. The number of alkyl halides is 3. The standard InChI is InChI=1S/C19H20F3NO2S/c1-12-4-6-16(7-5-12)26(24,25)23-15(11-19(20,21)22)10-17-14(3)8-13(2)9-18(17)23/h4-9,15H,10-11H2,1-3H3. The van der Waals surface area contributed by atoms with Crippen molar-refractivity contribution in [3.05, 3.63) is 58.7 Å². The Morgan fingerprint density at radius 1 is 1.04 bits per heavy atom. The maximum Gasteiger partial charge on any atom is 0.391 e. The molecular weight excluding hydrogens is 363 g/mol. The third kappa shape index (κ3) is 3.45. The second-order valence-electron chi connectivity index (χ2n) is 6.87. The Morgan fingerprint density at radius 3 is 2.23 bits per heavy atom. The van der Waals surface area contributed by atoms with Crippen molar-refractivity contribution in [2.75, 3.05) is 4.31 Å². The molecule has 0 saturated carbocycles. The fourth-order valence-corrected chi connectivity index (χ4v) is 5.19. The zero-order chi connectivity index (χ0) is 19.3. The number of benzene rings is 2. The maximum absolute atomic E-state index is 13.2. The number of halogens is 3. The van der Waals surface area contributed by atoms with E-state index in [0.717, 1.165) is 21.0 Å². The molecule has 3 rings (SSSR count). The smallest absolute Gasteiger partial charge is 0.262 e. The summed E-state index contributed by atoms with van der Waals surface area (Å²) in [6.45, 7) is 5.43. The molecule has 0 N–H and O–H groups in total. The van der Waals surface area contributed by atoms with Gasteiger partial charge in [0, 0.05) is 0 Å². The number of aryl methyl sites for hydroxylation is 3. The van der Waals surface area contributed by atoms with E-state index < -0.39 is 28.7 Å². The number of sulfonamides is 1. The van der Waals surface area contributed by atoms with Crippen molar-refractivity contribution in [1.82, 2.24) is 0 Å². The molecule has 2 aromatic carbocycles. The molecule has 7 heteroatoms. The monoisotopic (exact) mass is 383 g/mol. The molecule has 1 heterocycles. The molecule has 0 bridgehead atoms. The van der Waals surface area contributed by atoms with E-state index in [1.165, 1.54) is 12.1 Å². The third-order valence-electron chi connectivity index (χ3n) is 4.65. The van der Waals surface area contributed by atoms with Gasteiger partial charge in [-0.15, -0.1) is 0 Å². The van der Waals surface area contributed by atoms with Crippen molar-refractivity contribution in [2.45, 2.75) is 50.7 Å². The van der Waals surface area contributed by atoms with Crippen molar-refractivity contribution in [3.8, 4) is 0 Å². The molecule has 0 fully saturated rings. The van der Waals surface area contributed by atoms with E-state index in [1.807, 2.05) is 13.0 Å². The summed E-state index contributed by atoms with van der Waals surface area (Å²) >= 11 is 0. The van der Waals surface area contributed by atoms with E-state index in [0.29, 0.717) is 11.3 Å². The Bertz CT molecular complexity index is 934. The number of anilines is 1. The first-order chi connectivity index (χ1) is 12.0. The lowest BCUT2D eigenvalue weighted by Crippen LogP contribution is -2.40. The fourth-order valence-electron chi connectivity index (χ4n) is 3.52. The minimum absolute atomic E-state index is 0.00211. The number of rotatable bonds is 3. The SMILES string of the molecule is Cc1ccc(S(=O)(=O)N2c3cc(C)cc(C)c3CC2CC(F)(F)F)cc1. The summed E-state index contributed by atoms with van der Waals surface area (Å²) in [6.07, 6.45) is -5.56. The van der Waals surface area contributed by atoms with Crippen LogP contribution in [0.5, 0.6) is 0 Å². The molecule has 0 aliphatic carbocycles. The van der Waals surface area contributed by atoms with Gasteiger partial charge < -0.3 is 0 Å². The molecule has 0 amide bonds. The first-order valence-electron chi connectivity index (χ1n) is 8.27.